The van der Waals surface area contributed by atoms with Gasteiger partial charge in [0.2, 0.25) is 5.91 Å². The fraction of sp³-hybridized carbons (Fsp3) is 0.308. The van der Waals surface area contributed by atoms with E-state index in [9.17, 15) is 14.0 Å². The van der Waals surface area contributed by atoms with Crippen molar-refractivity contribution in [3.05, 3.63) is 94.8 Å². The molecule has 1 atom stereocenters. The molecule has 6 nitrogen and oxygen atoms in total. The number of halogens is 1. The lowest BCUT2D eigenvalue weighted by molar-refractivity contribution is -0.131. The first-order valence-corrected chi connectivity index (χ1v) is 11.2. The smallest absolute Gasteiger partial charge is 0.254 e. The van der Waals surface area contributed by atoms with Gasteiger partial charge in [-0.15, -0.1) is 0 Å². The number of hydrogen-bond acceptors (Lipinski definition) is 4. The molecule has 1 fully saturated rings. The fourth-order valence-corrected chi connectivity index (χ4v) is 4.11. The number of aryl methyl sites for hydroxylation is 1. The van der Waals surface area contributed by atoms with Crippen LogP contribution in [0.3, 0.4) is 0 Å². The van der Waals surface area contributed by atoms with E-state index in [1.54, 1.807) is 36.2 Å². The normalized spacial score (nSPS) is 15.8. The van der Waals surface area contributed by atoms with Gasteiger partial charge in [0.25, 0.3) is 5.91 Å². The minimum atomic E-state index is -0.362. The summed E-state index contributed by atoms with van der Waals surface area (Å²) in [4.78, 5) is 36.2. The number of amides is 2. The Labute approximate surface area is 192 Å². The zero-order valence-corrected chi connectivity index (χ0v) is 18.6. The number of nitrogens with one attached hydrogen (secondary N) is 1. The van der Waals surface area contributed by atoms with Crippen LogP contribution >= 0.6 is 0 Å². The molecule has 0 unspecified atom stereocenters. The maximum absolute atomic E-state index is 13.9. The van der Waals surface area contributed by atoms with Gasteiger partial charge in [-0.3, -0.25) is 9.59 Å². The van der Waals surface area contributed by atoms with E-state index in [4.69, 9.17) is 0 Å². The lowest BCUT2D eigenvalue weighted by atomic mass is 9.96. The Morgan fingerprint density at radius 2 is 1.88 bits per heavy atom. The summed E-state index contributed by atoms with van der Waals surface area (Å²) in [6.07, 6.45) is 3.30. The molecule has 7 heteroatoms. The molecule has 170 valence electrons. The van der Waals surface area contributed by atoms with Crippen molar-refractivity contribution in [2.45, 2.75) is 38.6 Å². The van der Waals surface area contributed by atoms with Crippen molar-refractivity contribution in [2.75, 3.05) is 13.1 Å². The van der Waals surface area contributed by atoms with Gasteiger partial charge in [-0.1, -0.05) is 48.5 Å². The predicted octanol–water partition coefficient (Wildman–Crippen LogP) is 3.80. The van der Waals surface area contributed by atoms with Gasteiger partial charge >= 0.3 is 0 Å². The van der Waals surface area contributed by atoms with Gasteiger partial charge in [0.1, 0.15) is 11.6 Å². The number of carbonyl (C=O) groups is 2. The summed E-state index contributed by atoms with van der Waals surface area (Å²) in [5.74, 6) is -0.0508. The zero-order valence-electron chi connectivity index (χ0n) is 18.6. The predicted molar refractivity (Wildman–Crippen MR) is 123 cm³/mol. The van der Waals surface area contributed by atoms with Crippen LogP contribution in [-0.2, 0) is 17.8 Å². The third-order valence-corrected chi connectivity index (χ3v) is 5.98. The Morgan fingerprint density at radius 1 is 1.12 bits per heavy atom. The van der Waals surface area contributed by atoms with Gasteiger partial charge in [-0.25, -0.2) is 14.4 Å². The van der Waals surface area contributed by atoms with E-state index in [1.165, 1.54) is 6.07 Å². The molecular formula is C26H27FN4O2. The van der Waals surface area contributed by atoms with E-state index in [-0.39, 0.29) is 30.0 Å². The van der Waals surface area contributed by atoms with Crippen LogP contribution in [0.4, 0.5) is 4.39 Å². The highest BCUT2D eigenvalue weighted by molar-refractivity contribution is 5.94. The molecule has 1 aromatic heterocycles. The highest BCUT2D eigenvalue weighted by atomic mass is 19.1. The topological polar surface area (TPSA) is 75.2 Å². The van der Waals surface area contributed by atoms with Crippen molar-refractivity contribution in [3.63, 3.8) is 0 Å². The Hall–Kier alpha value is -3.61. The van der Waals surface area contributed by atoms with E-state index in [2.05, 4.69) is 15.3 Å². The lowest BCUT2D eigenvalue weighted by Gasteiger charge is -2.32. The molecule has 33 heavy (non-hydrogen) atoms. The van der Waals surface area contributed by atoms with Crippen LogP contribution in [0.5, 0.6) is 0 Å². The Kier molecular flexibility index (Phi) is 7.07. The Bertz CT molecular complexity index is 1140. The van der Waals surface area contributed by atoms with Crippen LogP contribution in [0.1, 0.15) is 51.8 Å². The van der Waals surface area contributed by atoms with Crippen molar-refractivity contribution in [1.29, 1.82) is 0 Å². The number of carbonyl (C=O) groups excluding carboxylic acids is 2. The fourth-order valence-electron chi connectivity index (χ4n) is 4.11. The maximum atomic E-state index is 13.9. The molecule has 0 bridgehead atoms. The molecule has 0 aliphatic carbocycles. The highest BCUT2D eigenvalue weighted by Crippen LogP contribution is 2.25. The minimum Gasteiger partial charge on any atom is -0.348 e. The van der Waals surface area contributed by atoms with Crippen molar-refractivity contribution >= 4 is 11.8 Å². The summed E-state index contributed by atoms with van der Waals surface area (Å²) < 4.78 is 13.9. The van der Waals surface area contributed by atoms with Crippen molar-refractivity contribution in [1.82, 2.24) is 20.2 Å². The zero-order chi connectivity index (χ0) is 23.2. The monoisotopic (exact) mass is 446 g/mol. The average molecular weight is 447 g/mol. The van der Waals surface area contributed by atoms with Gasteiger partial charge < -0.3 is 10.2 Å². The van der Waals surface area contributed by atoms with Crippen LogP contribution in [-0.4, -0.2) is 39.8 Å². The number of piperidine rings is 1. The average Bonchev–Trinajstić information content (AvgIpc) is 2.84. The van der Waals surface area contributed by atoms with E-state index in [0.29, 0.717) is 42.3 Å². The molecule has 2 heterocycles. The number of hydrogen-bond donors (Lipinski definition) is 1. The number of benzene rings is 2. The van der Waals surface area contributed by atoms with Gasteiger partial charge in [-0.2, -0.15) is 0 Å². The van der Waals surface area contributed by atoms with Crippen LogP contribution in [0.2, 0.25) is 0 Å². The van der Waals surface area contributed by atoms with Gasteiger partial charge in [-0.05, 0) is 37.0 Å². The standard InChI is InChI=1S/C26H27FN4O2/c1-18-22(26(33)29-15-19-8-3-2-4-9-19)16-28-25(30-18)21-11-7-13-31(17-21)24(32)14-20-10-5-6-12-23(20)27/h2-6,8-10,12,16,21H,7,11,13-15,17H2,1H3,(H,29,33)/t21-/m1/s1. The van der Waals surface area contributed by atoms with E-state index in [1.807, 2.05) is 30.3 Å². The van der Waals surface area contributed by atoms with E-state index < -0.39 is 0 Å². The van der Waals surface area contributed by atoms with E-state index in [0.717, 1.165) is 18.4 Å². The van der Waals surface area contributed by atoms with Crippen molar-refractivity contribution in [3.8, 4) is 0 Å². The second-order valence-corrected chi connectivity index (χ2v) is 8.34. The second kappa shape index (κ2) is 10.3. The summed E-state index contributed by atoms with van der Waals surface area (Å²) in [5, 5.41) is 2.90. The van der Waals surface area contributed by atoms with Crippen LogP contribution in [0.25, 0.3) is 0 Å². The van der Waals surface area contributed by atoms with E-state index >= 15 is 0 Å². The third-order valence-electron chi connectivity index (χ3n) is 5.98. The quantitative estimate of drug-likeness (QED) is 0.625. The number of aromatic nitrogens is 2. The van der Waals surface area contributed by atoms with Crippen LogP contribution in [0, 0.1) is 12.7 Å². The highest BCUT2D eigenvalue weighted by Gasteiger charge is 2.27. The van der Waals surface area contributed by atoms with Crippen LogP contribution in [0.15, 0.2) is 60.8 Å². The molecule has 1 N–H and O–H groups in total. The second-order valence-electron chi connectivity index (χ2n) is 8.34. The molecule has 2 amide bonds. The third kappa shape index (κ3) is 5.61. The molecule has 1 saturated heterocycles. The number of likely N-dealkylation sites (tertiary alicyclic amines) is 1. The molecule has 0 radical (unpaired) electrons. The number of nitrogens with zero attached hydrogens (tertiary/aromatic N) is 3. The summed E-state index contributed by atoms with van der Waals surface area (Å²) >= 11 is 0. The van der Waals surface area contributed by atoms with Crippen LogP contribution < -0.4 is 5.32 Å². The molecule has 1 aliphatic heterocycles. The molecular weight excluding hydrogens is 419 g/mol. The maximum Gasteiger partial charge on any atom is 0.254 e. The summed E-state index contributed by atoms with van der Waals surface area (Å²) in [5.41, 5.74) is 2.48. The first-order valence-electron chi connectivity index (χ1n) is 11.2. The first kappa shape index (κ1) is 22.6. The Balaban J connectivity index is 1.39. The van der Waals surface area contributed by atoms with Gasteiger partial charge in [0.15, 0.2) is 0 Å². The van der Waals surface area contributed by atoms with Gasteiger partial charge in [0, 0.05) is 31.7 Å². The lowest BCUT2D eigenvalue weighted by Crippen LogP contribution is -2.40. The SMILES string of the molecule is Cc1nc([C@@H]2CCCN(C(=O)Cc3ccccc3F)C2)ncc1C(=O)NCc1ccccc1. The summed E-state index contributed by atoms with van der Waals surface area (Å²) in [6, 6.07) is 16.1. The molecule has 3 aromatic rings. The van der Waals surface area contributed by atoms with Gasteiger partial charge in [0.05, 0.1) is 17.7 Å². The largest absolute Gasteiger partial charge is 0.348 e. The molecule has 2 aromatic carbocycles. The number of rotatable bonds is 6. The van der Waals surface area contributed by atoms with Crippen molar-refractivity contribution < 1.29 is 14.0 Å². The molecule has 1 aliphatic rings. The summed E-state index contributed by atoms with van der Waals surface area (Å²) in [6.45, 7) is 3.37. The molecule has 0 saturated carbocycles. The Morgan fingerprint density at radius 3 is 2.64 bits per heavy atom. The summed E-state index contributed by atoms with van der Waals surface area (Å²) in [7, 11) is 0. The van der Waals surface area contributed by atoms with Crippen molar-refractivity contribution in [2.24, 2.45) is 0 Å². The molecule has 4 rings (SSSR count). The molecule has 0 spiro atoms. The minimum absolute atomic E-state index is 0.0107. The first-order chi connectivity index (χ1) is 16.0.